The molecule has 0 aliphatic rings. The van der Waals surface area contributed by atoms with Crippen molar-refractivity contribution in [1.82, 2.24) is 15.0 Å². The molecule has 8 heteroatoms. The highest BCUT2D eigenvalue weighted by Crippen LogP contribution is 2.20. The average Bonchev–Trinajstić information content (AvgIpc) is 2.52. The van der Waals surface area contributed by atoms with Crippen LogP contribution in [0.2, 0.25) is 5.28 Å². The summed E-state index contributed by atoms with van der Waals surface area (Å²) in [5.41, 5.74) is 0.708. The van der Waals surface area contributed by atoms with Gasteiger partial charge < -0.3 is 14.8 Å². The molecule has 7 nitrogen and oxygen atoms in total. The third-order valence-electron chi connectivity index (χ3n) is 2.61. The molecular formula is C13H13ClN4O3. The van der Waals surface area contributed by atoms with Gasteiger partial charge in [0.1, 0.15) is 0 Å². The molecule has 1 aromatic heterocycles. The van der Waals surface area contributed by atoms with E-state index in [0.717, 1.165) is 0 Å². The fourth-order valence-electron chi connectivity index (χ4n) is 1.66. The minimum absolute atomic E-state index is 0.0407. The molecule has 1 aromatic carbocycles. The number of benzene rings is 1. The van der Waals surface area contributed by atoms with Gasteiger partial charge in [-0.1, -0.05) is 30.3 Å². The number of hydrogen-bond donors (Lipinski definition) is 1. The lowest BCUT2D eigenvalue weighted by molar-refractivity contribution is -0.141. The van der Waals surface area contributed by atoms with Gasteiger partial charge in [-0.25, -0.2) is 4.79 Å². The molecule has 2 rings (SSSR count). The first-order valence-corrected chi connectivity index (χ1v) is 6.36. The molecule has 1 N–H and O–H groups in total. The fourth-order valence-corrected chi connectivity index (χ4v) is 1.81. The molecule has 0 spiro atoms. The first kappa shape index (κ1) is 15.0. The van der Waals surface area contributed by atoms with Crippen molar-refractivity contribution in [1.29, 1.82) is 0 Å². The van der Waals surface area contributed by atoms with Crippen LogP contribution in [-0.2, 0) is 9.53 Å². The van der Waals surface area contributed by atoms with Gasteiger partial charge in [0.2, 0.25) is 11.2 Å². The molecule has 0 amide bonds. The normalized spacial score (nSPS) is 11.6. The van der Waals surface area contributed by atoms with Gasteiger partial charge >= 0.3 is 12.0 Å². The van der Waals surface area contributed by atoms with Gasteiger partial charge in [-0.15, -0.1) is 0 Å². The van der Waals surface area contributed by atoms with Gasteiger partial charge in [0, 0.05) is 0 Å². The molecule has 0 aliphatic carbocycles. The number of hydrogen-bond acceptors (Lipinski definition) is 7. The van der Waals surface area contributed by atoms with E-state index < -0.39 is 12.0 Å². The number of aromatic nitrogens is 3. The molecule has 2 aromatic rings. The van der Waals surface area contributed by atoms with Crippen LogP contribution < -0.4 is 10.1 Å². The topological polar surface area (TPSA) is 86.2 Å². The molecule has 0 saturated carbocycles. The van der Waals surface area contributed by atoms with Crippen molar-refractivity contribution < 1.29 is 14.3 Å². The van der Waals surface area contributed by atoms with Crippen LogP contribution in [0.15, 0.2) is 30.3 Å². The van der Waals surface area contributed by atoms with Gasteiger partial charge in [0.15, 0.2) is 6.04 Å². The van der Waals surface area contributed by atoms with E-state index in [4.69, 9.17) is 21.1 Å². The van der Waals surface area contributed by atoms with E-state index in [2.05, 4.69) is 20.3 Å². The molecule has 1 heterocycles. The molecule has 1 atom stereocenters. The number of ether oxygens (including phenoxy) is 2. The van der Waals surface area contributed by atoms with E-state index in [1.54, 1.807) is 12.1 Å². The molecule has 1 unspecified atom stereocenters. The van der Waals surface area contributed by atoms with Crippen molar-refractivity contribution in [3.63, 3.8) is 0 Å². The van der Waals surface area contributed by atoms with Gasteiger partial charge in [0.25, 0.3) is 0 Å². The van der Waals surface area contributed by atoms with Crippen LogP contribution in [0.5, 0.6) is 6.01 Å². The zero-order valence-corrected chi connectivity index (χ0v) is 12.2. The number of esters is 1. The second-order valence-corrected chi connectivity index (χ2v) is 4.26. The molecule has 0 saturated heterocycles. The summed E-state index contributed by atoms with van der Waals surface area (Å²) in [6, 6.07) is 8.33. The molecule has 0 fully saturated rings. The first-order chi connectivity index (χ1) is 10.1. The summed E-state index contributed by atoms with van der Waals surface area (Å²) >= 11 is 5.77. The summed E-state index contributed by atoms with van der Waals surface area (Å²) in [5.74, 6) is -0.359. The number of carbonyl (C=O) groups is 1. The number of nitrogens with zero attached hydrogens (tertiary/aromatic N) is 3. The van der Waals surface area contributed by atoms with Crippen LogP contribution >= 0.6 is 11.6 Å². The molecule has 0 radical (unpaired) electrons. The zero-order chi connectivity index (χ0) is 15.2. The number of rotatable bonds is 5. The van der Waals surface area contributed by atoms with E-state index in [0.29, 0.717) is 5.56 Å². The smallest absolute Gasteiger partial charge is 0.333 e. The Hall–Kier alpha value is -2.41. The maximum absolute atomic E-state index is 11.9. The van der Waals surface area contributed by atoms with Crippen LogP contribution in [-0.4, -0.2) is 35.1 Å². The average molecular weight is 309 g/mol. The third-order valence-corrected chi connectivity index (χ3v) is 2.78. The first-order valence-electron chi connectivity index (χ1n) is 5.99. The zero-order valence-electron chi connectivity index (χ0n) is 11.4. The summed E-state index contributed by atoms with van der Waals surface area (Å²) < 4.78 is 9.70. The lowest BCUT2D eigenvalue weighted by atomic mass is 10.1. The molecule has 110 valence electrons. The quantitative estimate of drug-likeness (QED) is 0.844. The Kier molecular flexibility index (Phi) is 4.89. The van der Waals surface area contributed by atoms with Crippen molar-refractivity contribution in [2.24, 2.45) is 0 Å². The Bertz CT molecular complexity index is 624. The SMILES string of the molecule is COC(=O)C(Nc1nc(Cl)nc(OC)n1)c1ccccc1. The van der Waals surface area contributed by atoms with Crippen LogP contribution in [0.1, 0.15) is 11.6 Å². The number of halogens is 1. The van der Waals surface area contributed by atoms with Crippen LogP contribution in [0, 0.1) is 0 Å². The summed E-state index contributed by atoms with van der Waals surface area (Å²) in [4.78, 5) is 23.6. The lowest BCUT2D eigenvalue weighted by Gasteiger charge is -2.16. The molecular weight excluding hydrogens is 296 g/mol. The Balaban J connectivity index is 2.31. The van der Waals surface area contributed by atoms with Crippen molar-refractivity contribution in [3.8, 4) is 6.01 Å². The number of methoxy groups -OCH3 is 2. The van der Waals surface area contributed by atoms with E-state index in [-0.39, 0.29) is 17.2 Å². The van der Waals surface area contributed by atoms with E-state index in [1.807, 2.05) is 18.2 Å². The van der Waals surface area contributed by atoms with Crippen molar-refractivity contribution in [2.45, 2.75) is 6.04 Å². The Morgan fingerprint density at radius 2 is 1.90 bits per heavy atom. The molecule has 0 bridgehead atoms. The highest BCUT2D eigenvalue weighted by atomic mass is 35.5. The van der Waals surface area contributed by atoms with Crippen LogP contribution in [0.3, 0.4) is 0 Å². The third kappa shape index (κ3) is 3.79. The van der Waals surface area contributed by atoms with Gasteiger partial charge in [-0.2, -0.15) is 15.0 Å². The Morgan fingerprint density at radius 3 is 2.52 bits per heavy atom. The number of anilines is 1. The van der Waals surface area contributed by atoms with Crippen molar-refractivity contribution in [2.75, 3.05) is 19.5 Å². The number of carbonyl (C=O) groups excluding carboxylic acids is 1. The predicted molar refractivity (Wildman–Crippen MR) is 76.2 cm³/mol. The van der Waals surface area contributed by atoms with E-state index in [1.165, 1.54) is 14.2 Å². The van der Waals surface area contributed by atoms with Crippen molar-refractivity contribution >= 4 is 23.5 Å². The predicted octanol–water partition coefficient (Wildman–Crippen LogP) is 1.86. The molecule has 0 aliphatic heterocycles. The summed E-state index contributed by atoms with van der Waals surface area (Å²) in [6.07, 6.45) is 0. The van der Waals surface area contributed by atoms with E-state index >= 15 is 0 Å². The second-order valence-electron chi connectivity index (χ2n) is 3.93. The van der Waals surface area contributed by atoms with Gasteiger partial charge in [-0.3, -0.25) is 0 Å². The highest BCUT2D eigenvalue weighted by molar-refractivity contribution is 6.28. The maximum Gasteiger partial charge on any atom is 0.333 e. The van der Waals surface area contributed by atoms with E-state index in [9.17, 15) is 4.79 Å². The monoisotopic (exact) mass is 308 g/mol. The minimum Gasteiger partial charge on any atom is -0.467 e. The van der Waals surface area contributed by atoms with Crippen molar-refractivity contribution in [3.05, 3.63) is 41.2 Å². The largest absolute Gasteiger partial charge is 0.467 e. The Labute approximate surface area is 126 Å². The Morgan fingerprint density at radius 1 is 1.19 bits per heavy atom. The van der Waals surface area contributed by atoms with Gasteiger partial charge in [0.05, 0.1) is 14.2 Å². The minimum atomic E-state index is -0.764. The summed E-state index contributed by atoms with van der Waals surface area (Å²) in [5, 5.41) is 2.82. The fraction of sp³-hybridized carbons (Fsp3) is 0.231. The summed E-state index contributed by atoms with van der Waals surface area (Å²) in [7, 11) is 2.71. The van der Waals surface area contributed by atoms with Crippen LogP contribution in [0.25, 0.3) is 0 Å². The van der Waals surface area contributed by atoms with Crippen LogP contribution in [0.4, 0.5) is 5.95 Å². The maximum atomic E-state index is 11.9. The number of nitrogens with one attached hydrogen (secondary N) is 1. The lowest BCUT2D eigenvalue weighted by Crippen LogP contribution is -2.23. The standard InChI is InChI=1S/C13H13ClN4O3/c1-20-10(19)9(8-6-4-3-5-7-8)15-12-16-11(14)17-13(18-12)21-2/h3-7,9H,1-2H3,(H,15,16,17,18). The van der Waals surface area contributed by atoms with Gasteiger partial charge in [-0.05, 0) is 17.2 Å². The highest BCUT2D eigenvalue weighted by Gasteiger charge is 2.22. The summed E-state index contributed by atoms with van der Waals surface area (Å²) in [6.45, 7) is 0. The second kappa shape index (κ2) is 6.85. The molecule has 21 heavy (non-hydrogen) atoms.